The molecule has 0 aliphatic heterocycles. The summed E-state index contributed by atoms with van der Waals surface area (Å²) < 4.78 is 10.9. The van der Waals surface area contributed by atoms with E-state index in [2.05, 4.69) is 21.2 Å². The van der Waals surface area contributed by atoms with E-state index in [9.17, 15) is 14.4 Å². The monoisotopic (exact) mass is 447 g/mol. The predicted molar refractivity (Wildman–Crippen MR) is 110 cm³/mol. The average molecular weight is 448 g/mol. The summed E-state index contributed by atoms with van der Waals surface area (Å²) in [5.74, 6) is -0.819. The van der Waals surface area contributed by atoms with Gasteiger partial charge in [-0.15, -0.1) is 0 Å². The van der Waals surface area contributed by atoms with E-state index in [0.29, 0.717) is 17.0 Å². The van der Waals surface area contributed by atoms with E-state index < -0.39 is 18.5 Å². The second-order valence-corrected chi connectivity index (χ2v) is 7.17. The number of Topliss-reactive ketones (excluding diaryl/α,β-unsaturated/α-hetero) is 1. The second-order valence-electron chi connectivity index (χ2n) is 6.32. The van der Waals surface area contributed by atoms with Gasteiger partial charge in [-0.2, -0.15) is 0 Å². The maximum absolute atomic E-state index is 12.4. The zero-order valence-corrected chi connectivity index (χ0v) is 17.6. The van der Waals surface area contributed by atoms with Gasteiger partial charge in [0, 0.05) is 10.9 Å². The zero-order valence-electron chi connectivity index (χ0n) is 16.0. The van der Waals surface area contributed by atoms with E-state index in [1.54, 1.807) is 18.2 Å². The molecule has 0 heterocycles. The number of ether oxygens (including phenoxy) is 2. The number of esters is 1. The molecule has 1 N–H and O–H groups in total. The number of aryl methyl sites for hydroxylation is 2. The summed E-state index contributed by atoms with van der Waals surface area (Å²) in [6.45, 7) is 3.39. The molecule has 28 heavy (non-hydrogen) atoms. The molecule has 7 heteroatoms. The molecule has 0 fully saturated rings. The number of methoxy groups -OCH3 is 1. The molecule has 1 amide bonds. The summed E-state index contributed by atoms with van der Waals surface area (Å²) in [4.78, 5) is 36.2. The number of hydrogen-bond acceptors (Lipinski definition) is 5. The van der Waals surface area contributed by atoms with Gasteiger partial charge in [-0.25, -0.2) is 0 Å². The van der Waals surface area contributed by atoms with Crippen molar-refractivity contribution in [1.29, 1.82) is 0 Å². The van der Waals surface area contributed by atoms with Crippen molar-refractivity contribution in [3.8, 4) is 5.75 Å². The van der Waals surface area contributed by atoms with Crippen LogP contribution in [0.4, 0.5) is 5.69 Å². The first-order valence-electron chi connectivity index (χ1n) is 8.69. The molecule has 0 saturated heterocycles. The zero-order chi connectivity index (χ0) is 20.7. The van der Waals surface area contributed by atoms with Gasteiger partial charge in [-0.3, -0.25) is 14.4 Å². The fourth-order valence-electron chi connectivity index (χ4n) is 2.52. The van der Waals surface area contributed by atoms with Gasteiger partial charge in [0.15, 0.2) is 12.4 Å². The summed E-state index contributed by atoms with van der Waals surface area (Å²) in [6, 6.07) is 10.8. The quantitative estimate of drug-likeness (QED) is 0.483. The van der Waals surface area contributed by atoms with Gasteiger partial charge in [0.05, 0.1) is 24.8 Å². The van der Waals surface area contributed by atoms with Crippen molar-refractivity contribution in [3.05, 3.63) is 57.6 Å². The van der Waals surface area contributed by atoms with Crippen molar-refractivity contribution in [2.24, 2.45) is 0 Å². The molecule has 0 bridgehead atoms. The van der Waals surface area contributed by atoms with E-state index in [4.69, 9.17) is 9.47 Å². The molecule has 0 saturated carbocycles. The van der Waals surface area contributed by atoms with Crippen LogP contribution in [0.3, 0.4) is 0 Å². The molecule has 0 radical (unpaired) electrons. The lowest BCUT2D eigenvalue weighted by Gasteiger charge is -2.10. The Labute approximate surface area is 172 Å². The number of carbonyl (C=O) groups excluding carboxylic acids is 3. The van der Waals surface area contributed by atoms with Crippen molar-refractivity contribution in [2.75, 3.05) is 19.0 Å². The highest BCUT2D eigenvalue weighted by molar-refractivity contribution is 9.10. The van der Waals surface area contributed by atoms with Crippen LogP contribution in [-0.4, -0.2) is 31.4 Å². The third kappa shape index (κ3) is 6.20. The largest absolute Gasteiger partial charge is 0.496 e. The van der Waals surface area contributed by atoms with Gasteiger partial charge in [0.2, 0.25) is 0 Å². The van der Waals surface area contributed by atoms with Crippen molar-refractivity contribution in [2.45, 2.75) is 26.7 Å². The van der Waals surface area contributed by atoms with Gasteiger partial charge in [-0.05, 0) is 59.6 Å². The number of ketones is 1. The Hall–Kier alpha value is -2.67. The lowest BCUT2D eigenvalue weighted by atomic mass is 10.0. The molecule has 6 nitrogen and oxygen atoms in total. The topological polar surface area (TPSA) is 81.7 Å². The molecule has 2 aromatic rings. The minimum Gasteiger partial charge on any atom is -0.496 e. The van der Waals surface area contributed by atoms with Crippen LogP contribution in [-0.2, 0) is 14.3 Å². The number of anilines is 1. The minimum absolute atomic E-state index is 0.0240. The highest BCUT2D eigenvalue weighted by Crippen LogP contribution is 2.23. The van der Waals surface area contributed by atoms with Crippen LogP contribution < -0.4 is 10.1 Å². The lowest BCUT2D eigenvalue weighted by molar-refractivity contribution is -0.147. The Balaban J connectivity index is 1.81. The molecule has 0 aliphatic carbocycles. The first kappa shape index (κ1) is 21.6. The van der Waals surface area contributed by atoms with Gasteiger partial charge < -0.3 is 14.8 Å². The number of rotatable bonds is 8. The predicted octanol–water partition coefficient (Wildman–Crippen LogP) is 4.22. The molecule has 0 unspecified atom stereocenters. The van der Waals surface area contributed by atoms with Crippen LogP contribution in [0, 0.1) is 13.8 Å². The lowest BCUT2D eigenvalue weighted by Crippen LogP contribution is -2.21. The van der Waals surface area contributed by atoms with Crippen LogP contribution in [0.1, 0.15) is 34.3 Å². The van der Waals surface area contributed by atoms with Crippen LogP contribution in [0.25, 0.3) is 0 Å². The Morgan fingerprint density at radius 1 is 1.00 bits per heavy atom. The van der Waals surface area contributed by atoms with Crippen LogP contribution in [0.15, 0.2) is 40.9 Å². The molecule has 0 aromatic heterocycles. The smallest absolute Gasteiger partial charge is 0.306 e. The molecule has 2 rings (SSSR count). The number of hydrogen-bond donors (Lipinski definition) is 1. The van der Waals surface area contributed by atoms with E-state index in [1.165, 1.54) is 7.11 Å². The SMILES string of the molecule is COc1ccc(C)cc1C(=O)CCC(=O)OCC(=O)Nc1ccc(C)cc1Br. The molecule has 2 aromatic carbocycles. The number of benzene rings is 2. The number of nitrogens with one attached hydrogen (secondary N) is 1. The Kier molecular flexibility index (Phi) is 7.75. The Morgan fingerprint density at radius 2 is 1.68 bits per heavy atom. The standard InChI is InChI=1S/C21H22BrNO5/c1-13-5-8-19(27-3)15(10-13)18(24)7-9-21(26)28-12-20(25)23-17-6-4-14(2)11-16(17)22/h4-6,8,10-11H,7,9,12H2,1-3H3,(H,23,25). The molecule has 0 atom stereocenters. The van der Waals surface area contributed by atoms with Crippen molar-refractivity contribution in [3.63, 3.8) is 0 Å². The first-order valence-corrected chi connectivity index (χ1v) is 9.49. The number of amides is 1. The molecule has 0 spiro atoms. The summed E-state index contributed by atoms with van der Waals surface area (Å²) in [5, 5.41) is 2.66. The fraction of sp³-hybridized carbons (Fsp3) is 0.286. The van der Waals surface area contributed by atoms with Crippen molar-refractivity contribution in [1.82, 2.24) is 0 Å². The highest BCUT2D eigenvalue weighted by Gasteiger charge is 2.16. The van der Waals surface area contributed by atoms with Gasteiger partial charge in [0.1, 0.15) is 5.75 Å². The Morgan fingerprint density at radius 3 is 2.36 bits per heavy atom. The average Bonchev–Trinajstić information content (AvgIpc) is 2.66. The second kappa shape index (κ2) is 10.0. The van der Waals surface area contributed by atoms with Gasteiger partial charge in [0.25, 0.3) is 5.91 Å². The van der Waals surface area contributed by atoms with Gasteiger partial charge in [-0.1, -0.05) is 17.7 Å². The van der Waals surface area contributed by atoms with Gasteiger partial charge >= 0.3 is 5.97 Å². The molecule has 148 valence electrons. The van der Waals surface area contributed by atoms with E-state index in [1.807, 2.05) is 32.0 Å². The van der Waals surface area contributed by atoms with E-state index in [0.717, 1.165) is 15.6 Å². The summed E-state index contributed by atoms with van der Waals surface area (Å²) in [5.41, 5.74) is 2.99. The van der Waals surface area contributed by atoms with Crippen molar-refractivity contribution >= 4 is 39.3 Å². The third-order valence-electron chi connectivity index (χ3n) is 3.97. The maximum Gasteiger partial charge on any atom is 0.306 e. The number of carbonyl (C=O) groups is 3. The summed E-state index contributed by atoms with van der Waals surface area (Å²) in [7, 11) is 1.49. The Bertz CT molecular complexity index is 894. The molecule has 0 aliphatic rings. The van der Waals surface area contributed by atoms with E-state index >= 15 is 0 Å². The van der Waals surface area contributed by atoms with Crippen LogP contribution in [0.2, 0.25) is 0 Å². The van der Waals surface area contributed by atoms with Crippen molar-refractivity contribution < 1.29 is 23.9 Å². The first-order chi connectivity index (χ1) is 13.3. The van der Waals surface area contributed by atoms with E-state index in [-0.39, 0.29) is 18.6 Å². The maximum atomic E-state index is 12.4. The fourth-order valence-corrected chi connectivity index (χ4v) is 3.11. The number of halogens is 1. The normalized spacial score (nSPS) is 10.3. The molecular weight excluding hydrogens is 426 g/mol. The summed E-state index contributed by atoms with van der Waals surface area (Å²) >= 11 is 3.37. The molecular formula is C21H22BrNO5. The third-order valence-corrected chi connectivity index (χ3v) is 4.63. The van der Waals surface area contributed by atoms with Crippen LogP contribution >= 0.6 is 15.9 Å². The highest BCUT2D eigenvalue weighted by atomic mass is 79.9. The summed E-state index contributed by atoms with van der Waals surface area (Å²) in [6.07, 6.45) is -0.138. The minimum atomic E-state index is -0.613. The van der Waals surface area contributed by atoms with Crippen LogP contribution in [0.5, 0.6) is 5.75 Å².